The monoisotopic (exact) mass is 421 g/mol. The van der Waals surface area contributed by atoms with Gasteiger partial charge in [0.2, 0.25) is 0 Å². The second kappa shape index (κ2) is 10.8. The topological polar surface area (TPSA) is 21.7 Å². The Hall–Kier alpha value is -2.09. The predicted molar refractivity (Wildman–Crippen MR) is 129 cm³/mol. The normalized spacial score (nSPS) is 19.0. The van der Waals surface area contributed by atoms with Gasteiger partial charge < -0.3 is 14.4 Å². The van der Waals surface area contributed by atoms with Crippen LogP contribution in [-0.2, 0) is 11.2 Å². The van der Waals surface area contributed by atoms with Crippen molar-refractivity contribution < 1.29 is 9.47 Å². The molecule has 3 nitrogen and oxygen atoms in total. The number of hydrogen-bond donors (Lipinski definition) is 0. The lowest BCUT2D eigenvalue weighted by molar-refractivity contribution is 0.0519. The highest BCUT2D eigenvalue weighted by Crippen LogP contribution is 2.28. The molecule has 0 aromatic heterocycles. The fourth-order valence-electron chi connectivity index (χ4n) is 4.27. The number of hydrogen-bond acceptors (Lipinski definition) is 3. The third kappa shape index (κ3) is 5.53. The van der Waals surface area contributed by atoms with Gasteiger partial charge in [-0.25, -0.2) is 0 Å². The number of para-hydroxylation sites is 1. The van der Waals surface area contributed by atoms with E-state index in [1.165, 1.54) is 41.1 Å². The highest BCUT2D eigenvalue weighted by Gasteiger charge is 2.16. The van der Waals surface area contributed by atoms with Gasteiger partial charge in [-0.1, -0.05) is 57.2 Å². The second-order valence-corrected chi connectivity index (χ2v) is 9.41. The first kappa shape index (κ1) is 21.2. The summed E-state index contributed by atoms with van der Waals surface area (Å²) in [6.07, 6.45) is 15.0. The Kier molecular flexibility index (Phi) is 7.61. The minimum atomic E-state index is 0.279. The fraction of sp³-hybridized carbons (Fsp3) is 0.385. The summed E-state index contributed by atoms with van der Waals surface area (Å²) < 4.78 is 11.1. The zero-order valence-corrected chi connectivity index (χ0v) is 18.8. The molecule has 2 atom stereocenters. The maximum atomic E-state index is 5.93. The van der Waals surface area contributed by atoms with E-state index in [4.69, 9.17) is 9.47 Å². The number of allylic oxidation sites excluding steroid dienone is 4. The van der Waals surface area contributed by atoms with Gasteiger partial charge in [-0.3, -0.25) is 0 Å². The zero-order valence-electron chi connectivity index (χ0n) is 17.8. The van der Waals surface area contributed by atoms with Crippen LogP contribution in [0.4, 0.5) is 5.69 Å². The molecule has 1 aliphatic heterocycles. The average molecular weight is 422 g/mol. The third-order valence-corrected chi connectivity index (χ3v) is 7.17. The van der Waals surface area contributed by atoms with Crippen molar-refractivity contribution in [1.29, 1.82) is 0 Å². The molecule has 30 heavy (non-hydrogen) atoms. The molecule has 158 valence electrons. The number of nitrogens with zero attached hydrogens (tertiary/aromatic N) is 1. The van der Waals surface area contributed by atoms with Gasteiger partial charge in [-0.05, 0) is 61.8 Å². The predicted octanol–water partition coefficient (Wildman–Crippen LogP) is 4.96. The lowest BCUT2D eigenvalue weighted by Crippen LogP contribution is -2.32. The van der Waals surface area contributed by atoms with Crippen LogP contribution in [0.3, 0.4) is 0 Å². The van der Waals surface area contributed by atoms with E-state index >= 15 is 0 Å². The van der Waals surface area contributed by atoms with Crippen molar-refractivity contribution in [2.75, 3.05) is 31.9 Å². The number of ether oxygens (including phenoxy) is 2. The first-order valence-electron chi connectivity index (χ1n) is 11.0. The van der Waals surface area contributed by atoms with E-state index in [9.17, 15) is 0 Å². The van der Waals surface area contributed by atoms with Gasteiger partial charge in [0.05, 0.1) is 0 Å². The van der Waals surface area contributed by atoms with E-state index in [-0.39, 0.29) is 6.79 Å². The van der Waals surface area contributed by atoms with Crippen LogP contribution in [0.2, 0.25) is 0 Å². The number of methoxy groups -OCH3 is 1. The van der Waals surface area contributed by atoms with Crippen LogP contribution in [-0.4, -0.2) is 27.0 Å². The van der Waals surface area contributed by atoms with Crippen LogP contribution in [0, 0.1) is 5.92 Å². The number of anilines is 1. The Morgan fingerprint density at radius 3 is 2.67 bits per heavy atom. The number of rotatable bonds is 8. The highest BCUT2D eigenvalue weighted by atomic mass is 31.1. The fourth-order valence-corrected chi connectivity index (χ4v) is 5.65. The Balaban J connectivity index is 1.59. The number of benzene rings is 2. The summed E-state index contributed by atoms with van der Waals surface area (Å²) in [5.41, 5.74) is 2.77. The third-order valence-electron chi connectivity index (χ3n) is 5.81. The summed E-state index contributed by atoms with van der Waals surface area (Å²) in [7, 11) is 2.24. The molecule has 0 saturated carbocycles. The van der Waals surface area contributed by atoms with Crippen LogP contribution in [0.15, 0.2) is 66.8 Å². The molecule has 2 aromatic rings. The average Bonchev–Trinajstić information content (AvgIpc) is 2.80. The molecule has 1 aliphatic carbocycles. The van der Waals surface area contributed by atoms with Crippen LogP contribution in [0.5, 0.6) is 5.75 Å². The molecule has 2 aliphatic rings. The maximum absolute atomic E-state index is 5.93. The van der Waals surface area contributed by atoms with Crippen LogP contribution in [0.1, 0.15) is 31.2 Å². The van der Waals surface area contributed by atoms with Gasteiger partial charge in [-0.2, -0.15) is 0 Å². The summed E-state index contributed by atoms with van der Waals surface area (Å²) in [5, 5.41) is 2.67. The minimum Gasteiger partial charge on any atom is -0.467 e. The lowest BCUT2D eigenvalue weighted by atomic mass is 9.93. The number of piperidine rings is 1. The summed E-state index contributed by atoms with van der Waals surface area (Å²) in [6, 6.07) is 15.6. The van der Waals surface area contributed by atoms with Gasteiger partial charge in [-0.15, -0.1) is 0 Å². The molecule has 1 fully saturated rings. The van der Waals surface area contributed by atoms with Crippen molar-refractivity contribution in [3.63, 3.8) is 0 Å². The van der Waals surface area contributed by atoms with Crippen molar-refractivity contribution in [3.05, 3.63) is 72.3 Å². The molecular formula is C26H32NO2P. The van der Waals surface area contributed by atoms with Crippen molar-refractivity contribution in [1.82, 2.24) is 0 Å². The van der Waals surface area contributed by atoms with E-state index < -0.39 is 0 Å². The van der Waals surface area contributed by atoms with E-state index in [2.05, 4.69) is 71.7 Å². The zero-order chi connectivity index (χ0) is 20.6. The van der Waals surface area contributed by atoms with Gasteiger partial charge >= 0.3 is 0 Å². The maximum Gasteiger partial charge on any atom is 0.188 e. The Morgan fingerprint density at radius 1 is 1.00 bits per heavy atom. The van der Waals surface area contributed by atoms with Crippen molar-refractivity contribution >= 4 is 24.9 Å². The van der Waals surface area contributed by atoms with Crippen molar-refractivity contribution in [3.8, 4) is 5.75 Å². The van der Waals surface area contributed by atoms with Gasteiger partial charge in [0.15, 0.2) is 6.79 Å². The molecule has 1 heterocycles. The van der Waals surface area contributed by atoms with Crippen LogP contribution in [0.25, 0.3) is 0 Å². The first-order valence-corrected chi connectivity index (χ1v) is 12.0. The van der Waals surface area contributed by atoms with E-state index in [0.717, 1.165) is 31.7 Å². The summed E-state index contributed by atoms with van der Waals surface area (Å²) in [4.78, 5) is 2.56. The Bertz CT molecular complexity index is 886. The molecule has 0 N–H and O–H groups in total. The summed E-state index contributed by atoms with van der Waals surface area (Å²) in [6.45, 7) is 2.60. The molecule has 0 amide bonds. The van der Waals surface area contributed by atoms with Gasteiger partial charge in [0.1, 0.15) is 5.75 Å². The van der Waals surface area contributed by atoms with E-state index in [0.29, 0.717) is 14.5 Å². The minimum absolute atomic E-state index is 0.279. The summed E-state index contributed by atoms with van der Waals surface area (Å²) in [5.74, 6) is 1.52. The highest BCUT2D eigenvalue weighted by molar-refractivity contribution is 7.56. The van der Waals surface area contributed by atoms with Gasteiger partial charge in [0.25, 0.3) is 0 Å². The van der Waals surface area contributed by atoms with Gasteiger partial charge in [0, 0.05) is 36.5 Å². The smallest absolute Gasteiger partial charge is 0.188 e. The van der Waals surface area contributed by atoms with E-state index in [1.807, 2.05) is 0 Å². The van der Waals surface area contributed by atoms with E-state index in [1.54, 1.807) is 7.11 Å². The standard InChI is InChI=1S/C26H32NO2P/c1-28-20-29-24-15-14-22(18-21-10-4-2-5-11-21)19-26(24)30-25-13-7-6-12-23(25)27-16-8-3-9-17-27/h2,4-7,10,12-15,19,21,30H,3,8-9,11,16-18,20H2,1H3. The Morgan fingerprint density at radius 2 is 1.87 bits per heavy atom. The molecule has 4 rings (SSSR count). The first-order chi connectivity index (χ1) is 14.8. The molecule has 2 aromatic carbocycles. The van der Waals surface area contributed by atoms with Crippen molar-refractivity contribution in [2.24, 2.45) is 5.92 Å². The van der Waals surface area contributed by atoms with Crippen LogP contribution >= 0.6 is 8.58 Å². The summed E-state index contributed by atoms with van der Waals surface area (Å²) >= 11 is 0. The quantitative estimate of drug-likeness (QED) is 0.444. The molecule has 0 spiro atoms. The molecular weight excluding hydrogens is 389 g/mol. The molecule has 4 heteroatoms. The molecule has 0 bridgehead atoms. The SMILES string of the molecule is COCOc1ccc(CC2C=CC=CC2)cc1Pc1ccccc1N1CCCCC1. The Labute approximate surface area is 182 Å². The largest absolute Gasteiger partial charge is 0.467 e. The lowest BCUT2D eigenvalue weighted by Gasteiger charge is -2.30. The van der Waals surface area contributed by atoms with Crippen LogP contribution < -0.4 is 20.2 Å². The second-order valence-electron chi connectivity index (χ2n) is 8.08. The molecule has 1 saturated heterocycles. The van der Waals surface area contributed by atoms with Crippen molar-refractivity contribution in [2.45, 2.75) is 32.1 Å². The molecule has 2 unspecified atom stereocenters. The molecule has 0 radical (unpaired) electrons.